The van der Waals surface area contributed by atoms with Crippen LogP contribution < -0.4 is 15.4 Å². The van der Waals surface area contributed by atoms with Crippen LogP contribution in [0, 0.1) is 0 Å². The summed E-state index contributed by atoms with van der Waals surface area (Å²) in [7, 11) is 1.66. The number of nitrogens with zero attached hydrogens (tertiary/aromatic N) is 2. The lowest BCUT2D eigenvalue weighted by Crippen LogP contribution is -2.36. The highest BCUT2D eigenvalue weighted by atomic mass is 127. The predicted molar refractivity (Wildman–Crippen MR) is 131 cm³/mol. The second kappa shape index (κ2) is 15.1. The number of halogens is 1. The van der Waals surface area contributed by atoms with Gasteiger partial charge in [-0.1, -0.05) is 31.1 Å². The van der Waals surface area contributed by atoms with Gasteiger partial charge in [0.1, 0.15) is 12.4 Å². The van der Waals surface area contributed by atoms with Crippen molar-refractivity contribution in [1.29, 1.82) is 0 Å². The monoisotopic (exact) mass is 530 g/mol. The van der Waals surface area contributed by atoms with Crippen LogP contribution in [0.3, 0.4) is 0 Å². The van der Waals surface area contributed by atoms with Gasteiger partial charge in [-0.25, -0.2) is 4.99 Å². The number of guanidine groups is 1. The first-order valence-corrected chi connectivity index (χ1v) is 10.4. The molecule has 0 aliphatic rings. The van der Waals surface area contributed by atoms with E-state index in [9.17, 15) is 0 Å². The Kier molecular flexibility index (Phi) is 13.2. The Bertz CT molecular complexity index is 730. The van der Waals surface area contributed by atoms with Crippen LogP contribution in [0.2, 0.25) is 0 Å². The minimum absolute atomic E-state index is 0. The van der Waals surface area contributed by atoms with E-state index >= 15 is 0 Å². The molecule has 8 heteroatoms. The minimum atomic E-state index is 0. The smallest absolute Gasteiger partial charge is 0.191 e. The Hall–Kier alpha value is -1.81. The van der Waals surface area contributed by atoms with Gasteiger partial charge in [0.25, 0.3) is 0 Å². The molecule has 0 amide bonds. The average Bonchev–Trinajstić information content (AvgIpc) is 3.21. The molecule has 2 N–H and O–H groups in total. The summed E-state index contributed by atoms with van der Waals surface area (Å²) in [6, 6.07) is 9.99. The molecule has 2 aromatic rings. The van der Waals surface area contributed by atoms with E-state index in [4.69, 9.17) is 14.0 Å². The predicted octanol–water partition coefficient (Wildman–Crippen LogP) is 4.48. The zero-order valence-electron chi connectivity index (χ0n) is 18.4. The zero-order valence-corrected chi connectivity index (χ0v) is 20.8. The first-order valence-electron chi connectivity index (χ1n) is 10.4. The van der Waals surface area contributed by atoms with Crippen molar-refractivity contribution < 1.29 is 14.0 Å². The van der Waals surface area contributed by atoms with Crippen LogP contribution in [0.4, 0.5) is 0 Å². The van der Waals surface area contributed by atoms with Crippen LogP contribution in [0.15, 0.2) is 39.8 Å². The van der Waals surface area contributed by atoms with E-state index < -0.39 is 0 Å². The Morgan fingerprint density at radius 3 is 2.47 bits per heavy atom. The third kappa shape index (κ3) is 8.91. The molecule has 1 heterocycles. The molecule has 7 nitrogen and oxygen atoms in total. The lowest BCUT2D eigenvalue weighted by molar-refractivity contribution is 0.146. The number of methoxy groups -OCH3 is 1. The zero-order chi connectivity index (χ0) is 20.9. The first kappa shape index (κ1) is 26.2. The molecule has 0 saturated heterocycles. The van der Waals surface area contributed by atoms with Crippen molar-refractivity contribution >= 4 is 29.9 Å². The molecule has 1 aromatic heterocycles. The fraction of sp³-hybridized carbons (Fsp3) is 0.545. The highest BCUT2D eigenvalue weighted by molar-refractivity contribution is 14.0. The number of benzene rings is 1. The van der Waals surface area contributed by atoms with Gasteiger partial charge in [0, 0.05) is 25.6 Å². The number of ether oxygens (including phenoxy) is 2. The van der Waals surface area contributed by atoms with Crippen LogP contribution in [0.5, 0.6) is 5.75 Å². The van der Waals surface area contributed by atoms with Crippen molar-refractivity contribution in [1.82, 2.24) is 15.8 Å². The summed E-state index contributed by atoms with van der Waals surface area (Å²) in [5.41, 5.74) is 2.14. The molecule has 168 valence electrons. The van der Waals surface area contributed by atoms with E-state index in [1.54, 1.807) is 7.11 Å². The van der Waals surface area contributed by atoms with E-state index in [0.29, 0.717) is 32.2 Å². The third-order valence-corrected chi connectivity index (χ3v) is 4.65. The van der Waals surface area contributed by atoms with Gasteiger partial charge >= 0.3 is 0 Å². The second-order valence-electron chi connectivity index (χ2n) is 6.77. The van der Waals surface area contributed by atoms with Gasteiger partial charge in [0.2, 0.25) is 0 Å². The molecule has 0 atom stereocenters. The normalized spacial score (nSPS) is 11.3. The van der Waals surface area contributed by atoms with Crippen LogP contribution in [-0.4, -0.2) is 38.0 Å². The van der Waals surface area contributed by atoms with E-state index in [0.717, 1.165) is 48.1 Å². The maximum atomic E-state index is 5.59. The van der Waals surface area contributed by atoms with E-state index in [1.807, 2.05) is 37.3 Å². The summed E-state index contributed by atoms with van der Waals surface area (Å²) < 4.78 is 16.0. The first-order chi connectivity index (χ1) is 14.2. The van der Waals surface area contributed by atoms with Crippen molar-refractivity contribution in [2.45, 2.75) is 52.6 Å². The summed E-state index contributed by atoms with van der Waals surface area (Å²) in [6.45, 7) is 9.42. The highest BCUT2D eigenvalue weighted by Crippen LogP contribution is 2.22. The van der Waals surface area contributed by atoms with Gasteiger partial charge in [-0.15, -0.1) is 24.0 Å². The van der Waals surface area contributed by atoms with E-state index in [2.05, 4.69) is 34.6 Å². The molecule has 30 heavy (non-hydrogen) atoms. The SMILES string of the molecule is CCNC(=NCc1ccc(OCCOC)cc1)NCc1cc(C(CC)CC)no1.I. The van der Waals surface area contributed by atoms with E-state index in [-0.39, 0.29) is 24.0 Å². The van der Waals surface area contributed by atoms with Gasteiger partial charge < -0.3 is 24.6 Å². The highest BCUT2D eigenvalue weighted by Gasteiger charge is 2.13. The third-order valence-electron chi connectivity index (χ3n) is 4.65. The standard InChI is InChI=1S/C22H34N4O3.HI/c1-5-18(6-2)21-14-20(29-26-21)16-25-22(23-7-3)24-15-17-8-10-19(11-9-17)28-13-12-27-4;/h8-11,14,18H,5-7,12-13,15-16H2,1-4H3,(H2,23,24,25);1H. The molecule has 0 unspecified atom stereocenters. The van der Waals surface area contributed by atoms with Crippen molar-refractivity contribution in [3.05, 3.63) is 47.3 Å². The molecular weight excluding hydrogens is 495 g/mol. The Labute approximate surface area is 197 Å². The summed E-state index contributed by atoms with van der Waals surface area (Å²) in [6.07, 6.45) is 2.13. The lowest BCUT2D eigenvalue weighted by Gasteiger charge is -2.10. The lowest BCUT2D eigenvalue weighted by atomic mass is 9.99. The molecule has 0 bridgehead atoms. The maximum Gasteiger partial charge on any atom is 0.191 e. The molecule has 2 rings (SSSR count). The molecule has 1 aromatic carbocycles. The van der Waals surface area contributed by atoms with Crippen molar-refractivity contribution in [2.24, 2.45) is 4.99 Å². The number of aromatic nitrogens is 1. The Balaban J connectivity index is 0.00000450. The van der Waals surface area contributed by atoms with Crippen LogP contribution in [-0.2, 0) is 17.8 Å². The quantitative estimate of drug-likeness (QED) is 0.182. The fourth-order valence-electron chi connectivity index (χ4n) is 2.93. The van der Waals surface area contributed by atoms with Crippen molar-refractivity contribution in [3.63, 3.8) is 0 Å². The fourth-order valence-corrected chi connectivity index (χ4v) is 2.93. The number of nitrogens with one attached hydrogen (secondary N) is 2. The van der Waals surface area contributed by atoms with Gasteiger partial charge in [0.15, 0.2) is 11.7 Å². The average molecular weight is 530 g/mol. The minimum Gasteiger partial charge on any atom is -0.491 e. The molecule has 0 radical (unpaired) electrons. The number of hydrogen-bond acceptors (Lipinski definition) is 5. The number of aliphatic imine (C=N–C) groups is 1. The summed E-state index contributed by atoms with van der Waals surface area (Å²) >= 11 is 0. The second-order valence-corrected chi connectivity index (χ2v) is 6.77. The van der Waals surface area contributed by atoms with Gasteiger partial charge in [0.05, 0.1) is 25.4 Å². The molecule has 0 saturated carbocycles. The molecule has 0 aliphatic carbocycles. The van der Waals surface area contributed by atoms with E-state index in [1.165, 1.54) is 0 Å². The Morgan fingerprint density at radius 1 is 1.10 bits per heavy atom. The summed E-state index contributed by atoms with van der Waals surface area (Å²) in [4.78, 5) is 4.65. The maximum absolute atomic E-state index is 5.59. The summed E-state index contributed by atoms with van der Waals surface area (Å²) in [5, 5.41) is 10.8. The topological polar surface area (TPSA) is 80.9 Å². The van der Waals surface area contributed by atoms with Crippen LogP contribution >= 0.6 is 24.0 Å². The molecule has 0 spiro atoms. The van der Waals surface area contributed by atoms with Crippen LogP contribution in [0.25, 0.3) is 0 Å². The summed E-state index contributed by atoms with van der Waals surface area (Å²) in [5.74, 6) is 2.85. The number of rotatable bonds is 12. The molecule has 0 fully saturated rings. The Morgan fingerprint density at radius 2 is 1.83 bits per heavy atom. The van der Waals surface area contributed by atoms with Gasteiger partial charge in [-0.3, -0.25) is 0 Å². The number of hydrogen-bond donors (Lipinski definition) is 2. The largest absolute Gasteiger partial charge is 0.491 e. The molecule has 0 aliphatic heterocycles. The van der Waals surface area contributed by atoms with Crippen LogP contribution in [0.1, 0.15) is 56.5 Å². The van der Waals surface area contributed by atoms with Crippen molar-refractivity contribution in [2.75, 3.05) is 26.9 Å². The van der Waals surface area contributed by atoms with Gasteiger partial charge in [-0.05, 0) is 37.5 Å². The molecular formula is C22H35IN4O3. The van der Waals surface area contributed by atoms with Crippen molar-refractivity contribution in [3.8, 4) is 5.75 Å². The van der Waals surface area contributed by atoms with Gasteiger partial charge in [-0.2, -0.15) is 0 Å².